The molecule has 2 heterocycles. The quantitative estimate of drug-likeness (QED) is 0.273. The second-order valence-electron chi connectivity index (χ2n) is 6.30. The minimum Gasteiger partial charge on any atom is -0.364 e. The first-order valence-electron chi connectivity index (χ1n) is 8.70. The van der Waals surface area contributed by atoms with E-state index in [4.69, 9.17) is 0 Å². The lowest BCUT2D eigenvalue weighted by molar-refractivity contribution is -0.384. The molecule has 6 heteroatoms. The minimum absolute atomic E-state index is 0.00853. The fourth-order valence-electron chi connectivity index (χ4n) is 3.17. The fraction of sp³-hybridized carbons (Fsp3) is 0.0455. The topological polar surface area (TPSA) is 76.0 Å². The highest BCUT2D eigenvalue weighted by Crippen LogP contribution is 2.36. The van der Waals surface area contributed by atoms with E-state index in [9.17, 15) is 14.9 Å². The molecular weight excluding hydrogens is 372 g/mol. The van der Waals surface area contributed by atoms with Gasteiger partial charge in [-0.1, -0.05) is 42.5 Å². The predicted octanol–water partition coefficient (Wildman–Crippen LogP) is 5.40. The number of H-pyrrole nitrogens is 1. The zero-order valence-corrected chi connectivity index (χ0v) is 15.6. The molecule has 1 atom stereocenters. The molecule has 0 saturated heterocycles. The molecule has 4 rings (SSSR count). The van der Waals surface area contributed by atoms with Crippen molar-refractivity contribution in [3.8, 4) is 0 Å². The number of nitrogens with one attached hydrogen (secondary N) is 1. The van der Waals surface area contributed by atoms with E-state index in [1.807, 2.05) is 48.7 Å². The molecule has 0 bridgehead atoms. The van der Waals surface area contributed by atoms with Crippen LogP contribution in [0.2, 0.25) is 0 Å². The summed E-state index contributed by atoms with van der Waals surface area (Å²) >= 11 is 1.44. The molecule has 2 aromatic carbocycles. The molecule has 0 fully saturated rings. The Kier molecular flexibility index (Phi) is 4.87. The standard InChI is InChI=1S/C22H16N2O3S/c25-22(16-5-2-1-3-6-16)20-13-12-19(28-20)21(18-7-4-14-23-18)15-8-10-17(11-9-15)24(26)27/h1-14,21,23H. The number of carbonyl (C=O) groups excluding carboxylic acids is 1. The number of carbonyl (C=O) groups is 1. The van der Waals surface area contributed by atoms with Crippen molar-refractivity contribution >= 4 is 22.8 Å². The number of nitro groups is 1. The average molecular weight is 388 g/mol. The summed E-state index contributed by atoms with van der Waals surface area (Å²) in [6.07, 6.45) is 1.84. The number of rotatable bonds is 6. The largest absolute Gasteiger partial charge is 0.364 e. The van der Waals surface area contributed by atoms with Gasteiger partial charge < -0.3 is 4.98 Å². The Morgan fingerprint density at radius 3 is 2.32 bits per heavy atom. The smallest absolute Gasteiger partial charge is 0.269 e. The van der Waals surface area contributed by atoms with E-state index >= 15 is 0 Å². The molecule has 4 aromatic rings. The van der Waals surface area contributed by atoms with Crippen molar-refractivity contribution in [3.63, 3.8) is 0 Å². The van der Waals surface area contributed by atoms with Crippen molar-refractivity contribution in [2.75, 3.05) is 0 Å². The van der Waals surface area contributed by atoms with Crippen LogP contribution in [-0.2, 0) is 0 Å². The van der Waals surface area contributed by atoms with Gasteiger partial charge in [0.25, 0.3) is 5.69 Å². The number of ketones is 1. The van der Waals surface area contributed by atoms with Gasteiger partial charge in [0, 0.05) is 34.5 Å². The Balaban J connectivity index is 1.71. The first-order chi connectivity index (χ1) is 13.6. The second kappa shape index (κ2) is 7.62. The first-order valence-corrected chi connectivity index (χ1v) is 9.52. The lowest BCUT2D eigenvalue weighted by Gasteiger charge is -2.14. The summed E-state index contributed by atoms with van der Waals surface area (Å²) in [5.74, 6) is -0.135. The lowest BCUT2D eigenvalue weighted by Crippen LogP contribution is -2.02. The number of thiophene rings is 1. The van der Waals surface area contributed by atoms with Crippen LogP contribution < -0.4 is 0 Å². The third-order valence-electron chi connectivity index (χ3n) is 4.54. The van der Waals surface area contributed by atoms with Gasteiger partial charge in [0.05, 0.1) is 15.7 Å². The fourth-order valence-corrected chi connectivity index (χ4v) is 4.29. The van der Waals surface area contributed by atoms with Crippen molar-refractivity contribution in [2.45, 2.75) is 5.92 Å². The molecular formula is C22H16N2O3S. The summed E-state index contributed by atoms with van der Waals surface area (Å²) in [7, 11) is 0. The highest BCUT2D eigenvalue weighted by atomic mass is 32.1. The Morgan fingerprint density at radius 2 is 1.68 bits per heavy atom. The van der Waals surface area contributed by atoms with Crippen molar-refractivity contribution < 1.29 is 9.72 Å². The Morgan fingerprint density at radius 1 is 0.929 bits per heavy atom. The minimum atomic E-state index is -0.408. The molecule has 0 aliphatic rings. The van der Waals surface area contributed by atoms with Crippen LogP contribution in [0.5, 0.6) is 0 Å². The van der Waals surface area contributed by atoms with Gasteiger partial charge in [0.15, 0.2) is 0 Å². The molecule has 0 radical (unpaired) electrons. The van der Waals surface area contributed by atoms with Crippen molar-refractivity contribution in [1.82, 2.24) is 4.98 Å². The summed E-state index contributed by atoms with van der Waals surface area (Å²) in [6.45, 7) is 0. The van der Waals surface area contributed by atoms with Gasteiger partial charge in [-0.25, -0.2) is 0 Å². The molecule has 1 unspecified atom stereocenters. The number of nitro benzene ring substituents is 1. The van der Waals surface area contributed by atoms with Crippen molar-refractivity contribution in [2.24, 2.45) is 0 Å². The van der Waals surface area contributed by atoms with Gasteiger partial charge in [-0.3, -0.25) is 14.9 Å². The molecule has 1 N–H and O–H groups in total. The van der Waals surface area contributed by atoms with Crippen LogP contribution in [0.4, 0.5) is 5.69 Å². The van der Waals surface area contributed by atoms with Gasteiger partial charge in [0.1, 0.15) is 0 Å². The Bertz CT molecular complexity index is 1100. The average Bonchev–Trinajstić information content (AvgIpc) is 3.42. The number of non-ortho nitro benzene ring substituents is 1. The summed E-state index contributed by atoms with van der Waals surface area (Å²) in [4.78, 5) is 28.2. The van der Waals surface area contributed by atoms with Crippen LogP contribution in [0.3, 0.4) is 0 Å². The van der Waals surface area contributed by atoms with E-state index in [-0.39, 0.29) is 17.4 Å². The third kappa shape index (κ3) is 3.50. The molecule has 2 aromatic heterocycles. The number of benzene rings is 2. The van der Waals surface area contributed by atoms with E-state index in [0.29, 0.717) is 10.4 Å². The zero-order valence-electron chi connectivity index (χ0n) is 14.7. The summed E-state index contributed by atoms with van der Waals surface area (Å²) < 4.78 is 0. The van der Waals surface area contributed by atoms with E-state index < -0.39 is 4.92 Å². The van der Waals surface area contributed by atoms with Crippen LogP contribution in [-0.4, -0.2) is 15.7 Å². The molecule has 0 aliphatic carbocycles. The van der Waals surface area contributed by atoms with Crippen molar-refractivity contribution in [1.29, 1.82) is 0 Å². The molecule has 0 amide bonds. The first kappa shape index (κ1) is 17.9. The highest BCUT2D eigenvalue weighted by Gasteiger charge is 2.22. The number of hydrogen-bond acceptors (Lipinski definition) is 4. The van der Waals surface area contributed by atoms with E-state index in [1.54, 1.807) is 24.3 Å². The molecule has 0 aliphatic heterocycles. The van der Waals surface area contributed by atoms with Crippen molar-refractivity contribution in [3.05, 3.63) is 122 Å². The number of hydrogen-bond donors (Lipinski definition) is 1. The number of aromatic nitrogens is 1. The second-order valence-corrected chi connectivity index (χ2v) is 7.42. The van der Waals surface area contributed by atoms with E-state index in [1.165, 1.54) is 23.5 Å². The third-order valence-corrected chi connectivity index (χ3v) is 5.69. The maximum absolute atomic E-state index is 12.8. The van der Waals surface area contributed by atoms with E-state index in [0.717, 1.165) is 16.1 Å². The van der Waals surface area contributed by atoms with Gasteiger partial charge in [0.2, 0.25) is 5.78 Å². The predicted molar refractivity (Wildman–Crippen MR) is 109 cm³/mol. The van der Waals surface area contributed by atoms with E-state index in [2.05, 4.69) is 4.98 Å². The van der Waals surface area contributed by atoms with Crippen LogP contribution in [0.15, 0.2) is 85.1 Å². The monoisotopic (exact) mass is 388 g/mol. The molecule has 5 nitrogen and oxygen atoms in total. The summed E-state index contributed by atoms with van der Waals surface area (Å²) in [5, 5.41) is 11.0. The number of nitrogens with zero attached hydrogens (tertiary/aromatic N) is 1. The molecule has 28 heavy (non-hydrogen) atoms. The van der Waals surface area contributed by atoms with Crippen LogP contribution in [0.25, 0.3) is 0 Å². The Hall–Kier alpha value is -3.51. The Labute approximate surface area is 165 Å². The summed E-state index contributed by atoms with van der Waals surface area (Å²) in [5.41, 5.74) is 2.60. The maximum Gasteiger partial charge on any atom is 0.269 e. The van der Waals surface area contributed by atoms with Gasteiger partial charge >= 0.3 is 0 Å². The van der Waals surface area contributed by atoms with Crippen LogP contribution >= 0.6 is 11.3 Å². The zero-order chi connectivity index (χ0) is 19.5. The normalized spacial score (nSPS) is 11.9. The lowest BCUT2D eigenvalue weighted by atomic mass is 9.94. The SMILES string of the molecule is O=C(c1ccccc1)c1ccc(C(c2ccc([N+](=O)[O-])cc2)c2ccc[nH]2)s1. The van der Waals surface area contributed by atoms with Gasteiger partial charge in [-0.15, -0.1) is 11.3 Å². The summed E-state index contributed by atoms with van der Waals surface area (Å²) in [6, 6.07) is 23.4. The van der Waals surface area contributed by atoms with Gasteiger partial charge in [-0.2, -0.15) is 0 Å². The maximum atomic E-state index is 12.8. The molecule has 138 valence electrons. The van der Waals surface area contributed by atoms with Crippen LogP contribution in [0, 0.1) is 10.1 Å². The van der Waals surface area contributed by atoms with Gasteiger partial charge in [-0.05, 0) is 29.8 Å². The highest BCUT2D eigenvalue weighted by molar-refractivity contribution is 7.14. The molecule has 0 spiro atoms. The number of aromatic amines is 1. The molecule has 0 saturated carbocycles. The van der Waals surface area contributed by atoms with Crippen LogP contribution in [0.1, 0.15) is 37.3 Å².